The van der Waals surface area contributed by atoms with Gasteiger partial charge in [0.2, 0.25) is 10.0 Å². The van der Waals surface area contributed by atoms with Gasteiger partial charge in [-0.3, -0.25) is 4.72 Å². The predicted octanol–water partition coefficient (Wildman–Crippen LogP) is 1.43. The van der Waals surface area contributed by atoms with Crippen LogP contribution < -0.4 is 4.72 Å². The van der Waals surface area contributed by atoms with Crippen molar-refractivity contribution in [3.8, 4) is 0 Å². The van der Waals surface area contributed by atoms with Crippen LogP contribution in [0.1, 0.15) is 18.1 Å². The lowest BCUT2D eigenvalue weighted by Crippen LogP contribution is -2.28. The van der Waals surface area contributed by atoms with Gasteiger partial charge in [0, 0.05) is 0 Å². The summed E-state index contributed by atoms with van der Waals surface area (Å²) in [6.45, 7) is 4.81. The first-order valence-electron chi connectivity index (χ1n) is 5.06. The van der Waals surface area contributed by atoms with E-state index in [4.69, 9.17) is 5.11 Å². The maximum atomic E-state index is 11.7. The number of hydrogen-bond acceptors (Lipinski definition) is 3. The zero-order valence-corrected chi connectivity index (χ0v) is 10.5. The molecule has 1 aromatic carbocycles. The van der Waals surface area contributed by atoms with E-state index in [1.807, 2.05) is 26.0 Å². The second-order valence-electron chi connectivity index (χ2n) is 3.96. The molecule has 1 atom stereocenters. The highest BCUT2D eigenvalue weighted by molar-refractivity contribution is 7.93. The molecule has 0 amide bonds. The molecule has 0 saturated heterocycles. The first kappa shape index (κ1) is 13.0. The second-order valence-corrected chi connectivity index (χ2v) is 6.06. The Morgan fingerprint density at radius 2 is 2.00 bits per heavy atom. The van der Waals surface area contributed by atoms with Crippen molar-refractivity contribution >= 4 is 15.7 Å². The fourth-order valence-corrected chi connectivity index (χ4v) is 2.12. The summed E-state index contributed by atoms with van der Waals surface area (Å²) in [6, 6.07) is 5.55. The van der Waals surface area contributed by atoms with Crippen molar-refractivity contribution in [1.82, 2.24) is 0 Å². The molecule has 0 fully saturated rings. The van der Waals surface area contributed by atoms with E-state index < -0.39 is 15.3 Å². The number of aryl methyl sites for hydroxylation is 2. The van der Waals surface area contributed by atoms with E-state index in [0.29, 0.717) is 5.69 Å². The monoisotopic (exact) mass is 243 g/mol. The van der Waals surface area contributed by atoms with Crippen LogP contribution in [0.15, 0.2) is 18.2 Å². The number of aliphatic hydroxyl groups is 1. The van der Waals surface area contributed by atoms with E-state index in [0.717, 1.165) is 11.1 Å². The molecule has 0 radical (unpaired) electrons. The molecular weight excluding hydrogens is 226 g/mol. The van der Waals surface area contributed by atoms with Gasteiger partial charge in [-0.1, -0.05) is 12.1 Å². The Bertz CT molecular complexity index is 468. The summed E-state index contributed by atoms with van der Waals surface area (Å²) in [7, 11) is -3.50. The molecule has 1 rings (SSSR count). The average molecular weight is 243 g/mol. The highest BCUT2D eigenvalue weighted by atomic mass is 32.2. The third-order valence-corrected chi connectivity index (χ3v) is 4.15. The molecule has 90 valence electrons. The number of nitrogens with one attached hydrogen (secondary N) is 1. The minimum atomic E-state index is -3.50. The SMILES string of the molecule is Cc1ccc(C)c(NS(=O)(=O)C(C)CO)c1. The number of anilines is 1. The van der Waals surface area contributed by atoms with Crippen LogP contribution in [0, 0.1) is 13.8 Å². The van der Waals surface area contributed by atoms with E-state index in [1.165, 1.54) is 6.92 Å². The van der Waals surface area contributed by atoms with Gasteiger partial charge in [-0.2, -0.15) is 0 Å². The zero-order chi connectivity index (χ0) is 12.3. The van der Waals surface area contributed by atoms with E-state index in [9.17, 15) is 8.42 Å². The molecule has 0 aliphatic carbocycles. The Labute approximate surface area is 96.4 Å². The van der Waals surface area contributed by atoms with Crippen LogP contribution in [0.25, 0.3) is 0 Å². The Hall–Kier alpha value is -1.07. The van der Waals surface area contributed by atoms with E-state index in [2.05, 4.69) is 4.72 Å². The summed E-state index contributed by atoms with van der Waals surface area (Å²) in [5, 5.41) is 8.04. The van der Waals surface area contributed by atoms with Gasteiger partial charge in [0.05, 0.1) is 12.3 Å². The number of hydrogen-bond donors (Lipinski definition) is 2. The Morgan fingerprint density at radius 3 is 2.56 bits per heavy atom. The van der Waals surface area contributed by atoms with Gasteiger partial charge >= 0.3 is 0 Å². The fourth-order valence-electron chi connectivity index (χ4n) is 1.20. The van der Waals surface area contributed by atoms with E-state index >= 15 is 0 Å². The van der Waals surface area contributed by atoms with Crippen LogP contribution in [0.5, 0.6) is 0 Å². The summed E-state index contributed by atoms with van der Waals surface area (Å²) in [5.41, 5.74) is 2.42. The molecule has 0 bridgehead atoms. The predicted molar refractivity (Wildman–Crippen MR) is 65.0 cm³/mol. The number of sulfonamides is 1. The first-order chi connectivity index (χ1) is 7.36. The van der Waals surface area contributed by atoms with Crippen LogP contribution in [0.3, 0.4) is 0 Å². The van der Waals surface area contributed by atoms with Gasteiger partial charge in [-0.15, -0.1) is 0 Å². The highest BCUT2D eigenvalue weighted by Crippen LogP contribution is 2.18. The number of aliphatic hydroxyl groups excluding tert-OH is 1. The molecule has 16 heavy (non-hydrogen) atoms. The van der Waals surface area contributed by atoms with Gasteiger partial charge in [0.1, 0.15) is 5.25 Å². The van der Waals surface area contributed by atoms with Gasteiger partial charge < -0.3 is 5.11 Å². The molecule has 0 heterocycles. The fraction of sp³-hybridized carbons (Fsp3) is 0.455. The quantitative estimate of drug-likeness (QED) is 0.840. The topological polar surface area (TPSA) is 66.4 Å². The number of rotatable bonds is 4. The van der Waals surface area contributed by atoms with Gasteiger partial charge in [0.25, 0.3) is 0 Å². The van der Waals surface area contributed by atoms with Crippen LogP contribution >= 0.6 is 0 Å². The van der Waals surface area contributed by atoms with Crippen molar-refractivity contribution in [2.24, 2.45) is 0 Å². The summed E-state index contributed by atoms with van der Waals surface area (Å²) < 4.78 is 25.9. The van der Waals surface area contributed by atoms with Crippen molar-refractivity contribution in [2.45, 2.75) is 26.0 Å². The van der Waals surface area contributed by atoms with Crippen LogP contribution in [0.2, 0.25) is 0 Å². The highest BCUT2D eigenvalue weighted by Gasteiger charge is 2.20. The van der Waals surface area contributed by atoms with Gasteiger partial charge in [-0.25, -0.2) is 8.42 Å². The molecule has 0 aliphatic heterocycles. The maximum Gasteiger partial charge on any atom is 0.237 e. The summed E-state index contributed by atoms with van der Waals surface area (Å²) in [5.74, 6) is 0. The summed E-state index contributed by atoms with van der Waals surface area (Å²) in [6.07, 6.45) is 0. The van der Waals surface area contributed by atoms with Crippen molar-refractivity contribution in [2.75, 3.05) is 11.3 Å². The third kappa shape index (κ3) is 2.96. The lowest BCUT2D eigenvalue weighted by molar-refractivity contribution is 0.296. The normalized spacial score (nSPS) is 13.5. The first-order valence-corrected chi connectivity index (χ1v) is 6.61. The van der Waals surface area contributed by atoms with Gasteiger partial charge in [0.15, 0.2) is 0 Å². The average Bonchev–Trinajstić information content (AvgIpc) is 2.22. The van der Waals surface area contributed by atoms with E-state index in [-0.39, 0.29) is 6.61 Å². The summed E-state index contributed by atoms with van der Waals surface area (Å²) >= 11 is 0. The van der Waals surface area contributed by atoms with Crippen molar-refractivity contribution in [3.05, 3.63) is 29.3 Å². The molecule has 0 aliphatic rings. The van der Waals surface area contributed by atoms with Crippen molar-refractivity contribution < 1.29 is 13.5 Å². The van der Waals surface area contributed by atoms with Crippen LogP contribution in [0.4, 0.5) is 5.69 Å². The maximum absolute atomic E-state index is 11.7. The minimum absolute atomic E-state index is 0.389. The Kier molecular flexibility index (Phi) is 3.93. The molecule has 1 aromatic rings. The molecule has 0 aromatic heterocycles. The van der Waals surface area contributed by atoms with Crippen LogP contribution in [-0.2, 0) is 10.0 Å². The molecule has 0 spiro atoms. The second kappa shape index (κ2) is 4.84. The molecular formula is C11H17NO3S. The van der Waals surface area contributed by atoms with Crippen LogP contribution in [-0.4, -0.2) is 25.4 Å². The molecule has 4 nitrogen and oxygen atoms in total. The standard InChI is InChI=1S/C11H17NO3S/c1-8-4-5-9(2)11(6-8)12-16(14,15)10(3)7-13/h4-6,10,12-13H,7H2,1-3H3. The molecule has 1 unspecified atom stereocenters. The third-order valence-electron chi connectivity index (χ3n) is 2.43. The molecule has 0 saturated carbocycles. The van der Waals surface area contributed by atoms with E-state index in [1.54, 1.807) is 6.07 Å². The Balaban J connectivity index is 3.01. The summed E-state index contributed by atoms with van der Waals surface area (Å²) in [4.78, 5) is 0. The Morgan fingerprint density at radius 1 is 1.38 bits per heavy atom. The van der Waals surface area contributed by atoms with Gasteiger partial charge in [-0.05, 0) is 38.0 Å². The molecule has 2 N–H and O–H groups in total. The number of benzene rings is 1. The largest absolute Gasteiger partial charge is 0.395 e. The van der Waals surface area contributed by atoms with Crippen molar-refractivity contribution in [3.63, 3.8) is 0 Å². The lowest BCUT2D eigenvalue weighted by atomic mass is 10.1. The minimum Gasteiger partial charge on any atom is -0.395 e. The zero-order valence-electron chi connectivity index (χ0n) is 9.69. The lowest BCUT2D eigenvalue weighted by Gasteiger charge is -2.14. The smallest absolute Gasteiger partial charge is 0.237 e. The van der Waals surface area contributed by atoms with Crippen molar-refractivity contribution in [1.29, 1.82) is 0 Å². The molecule has 5 heteroatoms.